The fourth-order valence-corrected chi connectivity index (χ4v) is 2.34. The van der Waals surface area contributed by atoms with Crippen LogP contribution in [0.3, 0.4) is 0 Å². The van der Waals surface area contributed by atoms with E-state index in [-0.39, 0.29) is 0 Å². The van der Waals surface area contributed by atoms with Crippen LogP contribution in [0, 0.1) is 18.3 Å². The molecule has 18 heavy (non-hydrogen) atoms. The molecule has 1 aromatic heterocycles. The Hall–Kier alpha value is -2.12. The van der Waals surface area contributed by atoms with Crippen LogP contribution < -0.4 is 0 Å². The number of benzene rings is 1. The van der Waals surface area contributed by atoms with Crippen molar-refractivity contribution in [1.29, 1.82) is 5.26 Å². The minimum Gasteiger partial charge on any atom is -0.375 e. The van der Waals surface area contributed by atoms with Gasteiger partial charge in [-0.1, -0.05) is 6.07 Å². The minimum absolute atomic E-state index is 0.590. The molecule has 0 atom stereocenters. The third kappa shape index (κ3) is 1.69. The van der Waals surface area contributed by atoms with E-state index in [1.54, 1.807) is 6.07 Å². The molecular formula is C14H13N3O. The third-order valence-electron chi connectivity index (χ3n) is 3.25. The molecule has 90 valence electrons. The Bertz CT molecular complexity index is 637. The van der Waals surface area contributed by atoms with Gasteiger partial charge in [0.2, 0.25) is 0 Å². The highest BCUT2D eigenvalue weighted by Gasteiger charge is 2.19. The number of aryl methyl sites for hydroxylation is 1. The molecule has 2 aromatic rings. The summed E-state index contributed by atoms with van der Waals surface area (Å²) in [5.41, 5.74) is 5.00. The highest BCUT2D eigenvalue weighted by molar-refractivity contribution is 5.43. The fourth-order valence-electron chi connectivity index (χ4n) is 2.34. The summed E-state index contributed by atoms with van der Waals surface area (Å²) in [6.07, 6.45) is 0.916. The number of aromatic nitrogens is 2. The van der Waals surface area contributed by atoms with Crippen molar-refractivity contribution < 1.29 is 4.74 Å². The van der Waals surface area contributed by atoms with Crippen molar-refractivity contribution in [2.24, 2.45) is 0 Å². The Morgan fingerprint density at radius 1 is 1.44 bits per heavy atom. The van der Waals surface area contributed by atoms with Crippen LogP contribution in [0.2, 0.25) is 0 Å². The molecule has 1 aliphatic rings. The minimum atomic E-state index is 0.590. The van der Waals surface area contributed by atoms with E-state index >= 15 is 0 Å². The second-order valence-electron chi connectivity index (χ2n) is 4.39. The first-order valence-corrected chi connectivity index (χ1v) is 5.95. The third-order valence-corrected chi connectivity index (χ3v) is 3.25. The molecule has 4 heteroatoms. The lowest BCUT2D eigenvalue weighted by Gasteiger charge is -2.15. The molecular weight excluding hydrogens is 226 g/mol. The molecule has 0 radical (unpaired) electrons. The van der Waals surface area contributed by atoms with E-state index in [0.717, 1.165) is 30.1 Å². The lowest BCUT2D eigenvalue weighted by molar-refractivity contribution is 0.106. The van der Waals surface area contributed by atoms with Crippen molar-refractivity contribution in [2.75, 3.05) is 6.61 Å². The largest absolute Gasteiger partial charge is 0.375 e. The van der Waals surface area contributed by atoms with Crippen molar-refractivity contribution in [3.05, 3.63) is 46.8 Å². The van der Waals surface area contributed by atoms with Gasteiger partial charge in [-0.05, 0) is 31.5 Å². The summed E-state index contributed by atoms with van der Waals surface area (Å²) in [6, 6.07) is 9.63. The van der Waals surface area contributed by atoms with Gasteiger partial charge in [0.25, 0.3) is 0 Å². The maximum Gasteiger partial charge on any atom is 0.0992 e. The zero-order chi connectivity index (χ0) is 12.5. The first kappa shape index (κ1) is 11.0. The zero-order valence-electron chi connectivity index (χ0n) is 10.2. The molecule has 2 heterocycles. The molecule has 0 fully saturated rings. The molecule has 0 amide bonds. The standard InChI is InChI=1S/C14H13N3O/c1-10-13-5-6-18-9-14(13)17(16-10)12-4-2-3-11(7-12)8-15/h2-4,7H,5-6,9H2,1H3. The molecule has 1 aromatic carbocycles. The van der Waals surface area contributed by atoms with Gasteiger partial charge in [0.05, 0.1) is 41.9 Å². The van der Waals surface area contributed by atoms with E-state index < -0.39 is 0 Å². The smallest absolute Gasteiger partial charge is 0.0992 e. The number of nitrogens with zero attached hydrogens (tertiary/aromatic N) is 3. The van der Waals surface area contributed by atoms with Gasteiger partial charge in [0.15, 0.2) is 0 Å². The molecule has 0 saturated carbocycles. The number of rotatable bonds is 1. The molecule has 0 saturated heterocycles. The van der Waals surface area contributed by atoms with E-state index in [1.807, 2.05) is 29.8 Å². The van der Waals surface area contributed by atoms with Gasteiger partial charge in [0.1, 0.15) is 0 Å². The number of ether oxygens (including phenoxy) is 1. The van der Waals surface area contributed by atoms with Gasteiger partial charge in [-0.15, -0.1) is 0 Å². The highest BCUT2D eigenvalue weighted by Crippen LogP contribution is 2.23. The van der Waals surface area contributed by atoms with E-state index in [1.165, 1.54) is 5.56 Å². The van der Waals surface area contributed by atoms with Crippen molar-refractivity contribution in [3.63, 3.8) is 0 Å². The second kappa shape index (κ2) is 4.28. The lowest BCUT2D eigenvalue weighted by atomic mass is 10.1. The molecule has 0 N–H and O–H groups in total. The molecule has 0 unspecified atom stereocenters. The number of nitriles is 1. The monoisotopic (exact) mass is 239 g/mol. The topological polar surface area (TPSA) is 50.8 Å². The van der Waals surface area contributed by atoms with E-state index in [9.17, 15) is 0 Å². The molecule has 0 spiro atoms. The van der Waals surface area contributed by atoms with Gasteiger partial charge >= 0.3 is 0 Å². The van der Waals surface area contributed by atoms with Crippen molar-refractivity contribution in [2.45, 2.75) is 20.0 Å². The lowest BCUT2D eigenvalue weighted by Crippen LogP contribution is -2.12. The summed E-state index contributed by atoms with van der Waals surface area (Å²) in [5, 5.41) is 13.5. The predicted molar refractivity (Wildman–Crippen MR) is 66.4 cm³/mol. The summed E-state index contributed by atoms with van der Waals surface area (Å²) in [4.78, 5) is 0. The van der Waals surface area contributed by atoms with Crippen LogP contribution >= 0.6 is 0 Å². The average Bonchev–Trinajstić information content (AvgIpc) is 2.77. The van der Waals surface area contributed by atoms with E-state index in [4.69, 9.17) is 10.00 Å². The maximum absolute atomic E-state index is 8.95. The maximum atomic E-state index is 8.95. The average molecular weight is 239 g/mol. The molecule has 1 aliphatic heterocycles. The van der Waals surface area contributed by atoms with Crippen LogP contribution in [0.5, 0.6) is 0 Å². The van der Waals surface area contributed by atoms with Crippen LogP contribution in [0.15, 0.2) is 24.3 Å². The summed E-state index contributed by atoms with van der Waals surface area (Å²) in [6.45, 7) is 3.37. The second-order valence-corrected chi connectivity index (χ2v) is 4.39. The molecule has 4 nitrogen and oxygen atoms in total. The Morgan fingerprint density at radius 3 is 3.17 bits per heavy atom. The fraction of sp³-hybridized carbons (Fsp3) is 0.286. The summed E-state index contributed by atoms with van der Waals surface area (Å²) < 4.78 is 7.40. The number of hydrogen-bond donors (Lipinski definition) is 0. The Balaban J connectivity index is 2.14. The Morgan fingerprint density at radius 2 is 2.33 bits per heavy atom. The summed E-state index contributed by atoms with van der Waals surface area (Å²) >= 11 is 0. The van der Waals surface area contributed by atoms with Gasteiger partial charge in [-0.3, -0.25) is 0 Å². The highest BCUT2D eigenvalue weighted by atomic mass is 16.5. The Labute approximate surface area is 105 Å². The molecule has 3 rings (SSSR count). The van der Waals surface area contributed by atoms with Crippen molar-refractivity contribution in [3.8, 4) is 11.8 Å². The molecule has 0 bridgehead atoms. The first-order chi connectivity index (χ1) is 8.79. The van der Waals surface area contributed by atoms with Crippen LogP contribution in [0.25, 0.3) is 5.69 Å². The first-order valence-electron chi connectivity index (χ1n) is 5.95. The summed E-state index contributed by atoms with van der Waals surface area (Å²) in [5.74, 6) is 0. The SMILES string of the molecule is Cc1nn(-c2cccc(C#N)c2)c2c1CCOC2. The van der Waals surface area contributed by atoms with Gasteiger partial charge < -0.3 is 4.74 Å². The van der Waals surface area contributed by atoms with E-state index in [0.29, 0.717) is 12.2 Å². The zero-order valence-corrected chi connectivity index (χ0v) is 10.2. The van der Waals surface area contributed by atoms with Crippen LogP contribution in [-0.4, -0.2) is 16.4 Å². The Kier molecular flexibility index (Phi) is 2.62. The number of hydrogen-bond acceptors (Lipinski definition) is 3. The summed E-state index contributed by atoms with van der Waals surface area (Å²) in [7, 11) is 0. The normalized spacial score (nSPS) is 14.0. The number of fused-ring (bicyclic) bond motifs is 1. The van der Waals surface area contributed by atoms with Crippen molar-refractivity contribution >= 4 is 0 Å². The van der Waals surface area contributed by atoms with Gasteiger partial charge in [-0.25, -0.2) is 4.68 Å². The quantitative estimate of drug-likeness (QED) is 0.766. The molecule has 0 aliphatic carbocycles. The predicted octanol–water partition coefficient (Wildman–Crippen LogP) is 2.13. The van der Waals surface area contributed by atoms with Crippen LogP contribution in [0.4, 0.5) is 0 Å². The van der Waals surface area contributed by atoms with Gasteiger partial charge in [0, 0.05) is 5.56 Å². The van der Waals surface area contributed by atoms with Crippen LogP contribution in [-0.2, 0) is 17.8 Å². The van der Waals surface area contributed by atoms with Gasteiger partial charge in [-0.2, -0.15) is 10.4 Å². The van der Waals surface area contributed by atoms with Crippen LogP contribution in [0.1, 0.15) is 22.5 Å². The van der Waals surface area contributed by atoms with E-state index in [2.05, 4.69) is 11.2 Å². The van der Waals surface area contributed by atoms with Crippen molar-refractivity contribution in [1.82, 2.24) is 9.78 Å².